The molecule has 19 heavy (non-hydrogen) atoms. The Hall–Kier alpha value is -1.76. The SMILES string of the molecule is C[C@@H](NC(=O)c1cc(Br)c2c(c1)OCCO2)C(N)=O. The Morgan fingerprint density at radius 1 is 1.37 bits per heavy atom. The summed E-state index contributed by atoms with van der Waals surface area (Å²) in [4.78, 5) is 22.9. The zero-order valence-electron chi connectivity index (χ0n) is 10.2. The average molecular weight is 329 g/mol. The Bertz CT molecular complexity index is 533. The number of ether oxygens (including phenoxy) is 2. The van der Waals surface area contributed by atoms with Gasteiger partial charge >= 0.3 is 0 Å². The molecule has 1 heterocycles. The lowest BCUT2D eigenvalue weighted by Gasteiger charge is -2.20. The highest BCUT2D eigenvalue weighted by Gasteiger charge is 2.20. The van der Waals surface area contributed by atoms with E-state index < -0.39 is 17.9 Å². The van der Waals surface area contributed by atoms with Crippen LogP contribution in [0.25, 0.3) is 0 Å². The highest BCUT2D eigenvalue weighted by molar-refractivity contribution is 9.10. The summed E-state index contributed by atoms with van der Waals surface area (Å²) in [5.41, 5.74) is 5.46. The molecule has 0 spiro atoms. The van der Waals surface area contributed by atoms with Gasteiger partial charge in [-0.1, -0.05) is 0 Å². The van der Waals surface area contributed by atoms with Crippen molar-refractivity contribution in [3.8, 4) is 11.5 Å². The Morgan fingerprint density at radius 2 is 2.05 bits per heavy atom. The summed E-state index contributed by atoms with van der Waals surface area (Å²) < 4.78 is 11.5. The van der Waals surface area contributed by atoms with E-state index in [1.54, 1.807) is 12.1 Å². The molecule has 0 fully saturated rings. The van der Waals surface area contributed by atoms with E-state index in [1.807, 2.05) is 0 Å². The van der Waals surface area contributed by atoms with Gasteiger partial charge in [0.15, 0.2) is 11.5 Å². The smallest absolute Gasteiger partial charge is 0.252 e. The molecule has 0 unspecified atom stereocenters. The fraction of sp³-hybridized carbons (Fsp3) is 0.333. The highest BCUT2D eigenvalue weighted by Crippen LogP contribution is 2.38. The van der Waals surface area contributed by atoms with E-state index in [0.29, 0.717) is 34.7 Å². The molecule has 0 radical (unpaired) electrons. The summed E-state index contributed by atoms with van der Waals surface area (Å²) in [6, 6.07) is 2.44. The van der Waals surface area contributed by atoms with Gasteiger partial charge in [-0.05, 0) is 35.0 Å². The standard InChI is InChI=1S/C12H13BrN2O4/c1-6(11(14)16)15-12(17)7-4-8(13)10-9(5-7)18-2-3-19-10/h4-6H,2-3H2,1H3,(H2,14,16)(H,15,17)/t6-/m1/s1. The minimum absolute atomic E-state index is 0.365. The Morgan fingerprint density at radius 3 is 2.74 bits per heavy atom. The molecule has 1 aromatic rings. The topological polar surface area (TPSA) is 90.7 Å². The largest absolute Gasteiger partial charge is 0.486 e. The zero-order chi connectivity index (χ0) is 14.0. The number of halogens is 1. The molecule has 2 rings (SSSR count). The zero-order valence-corrected chi connectivity index (χ0v) is 11.8. The Kier molecular flexibility index (Phi) is 3.94. The summed E-state index contributed by atoms with van der Waals surface area (Å²) in [6.07, 6.45) is 0. The first-order chi connectivity index (χ1) is 8.99. The number of fused-ring (bicyclic) bond motifs is 1. The van der Waals surface area contributed by atoms with Gasteiger partial charge in [0.2, 0.25) is 5.91 Å². The number of rotatable bonds is 3. The molecule has 0 saturated heterocycles. The molecule has 0 bridgehead atoms. The predicted octanol–water partition coefficient (Wildman–Crippen LogP) is 0.824. The van der Waals surface area contributed by atoms with E-state index in [2.05, 4.69) is 21.2 Å². The van der Waals surface area contributed by atoms with Gasteiger partial charge in [-0.15, -0.1) is 0 Å². The number of amides is 2. The van der Waals surface area contributed by atoms with E-state index in [1.165, 1.54) is 6.92 Å². The van der Waals surface area contributed by atoms with E-state index in [4.69, 9.17) is 15.2 Å². The molecule has 0 aromatic heterocycles. The Balaban J connectivity index is 2.23. The number of carbonyl (C=O) groups is 2. The lowest BCUT2D eigenvalue weighted by atomic mass is 10.1. The summed E-state index contributed by atoms with van der Waals surface area (Å²) in [7, 11) is 0. The second kappa shape index (κ2) is 5.48. The van der Waals surface area contributed by atoms with Crippen LogP contribution in [0.1, 0.15) is 17.3 Å². The van der Waals surface area contributed by atoms with Crippen LogP contribution in [0.4, 0.5) is 0 Å². The van der Waals surface area contributed by atoms with Gasteiger partial charge < -0.3 is 20.5 Å². The van der Waals surface area contributed by atoms with Gasteiger partial charge in [-0.2, -0.15) is 0 Å². The first-order valence-electron chi connectivity index (χ1n) is 5.68. The molecular formula is C12H13BrN2O4. The van der Waals surface area contributed by atoms with Gasteiger partial charge in [-0.25, -0.2) is 0 Å². The first kappa shape index (κ1) is 13.7. The third-order valence-electron chi connectivity index (χ3n) is 2.63. The maximum atomic E-state index is 12.0. The van der Waals surface area contributed by atoms with Crippen molar-refractivity contribution in [1.82, 2.24) is 5.32 Å². The fourth-order valence-corrected chi connectivity index (χ4v) is 2.15. The van der Waals surface area contributed by atoms with E-state index in [-0.39, 0.29) is 0 Å². The van der Waals surface area contributed by atoms with Crippen LogP contribution in [0.5, 0.6) is 11.5 Å². The van der Waals surface area contributed by atoms with Crippen LogP contribution in [-0.4, -0.2) is 31.1 Å². The molecule has 1 aromatic carbocycles. The second-order valence-electron chi connectivity index (χ2n) is 4.08. The van der Waals surface area contributed by atoms with Crippen LogP contribution >= 0.6 is 15.9 Å². The van der Waals surface area contributed by atoms with Gasteiger partial charge in [0.1, 0.15) is 19.3 Å². The van der Waals surface area contributed by atoms with E-state index in [9.17, 15) is 9.59 Å². The molecule has 3 N–H and O–H groups in total. The highest BCUT2D eigenvalue weighted by atomic mass is 79.9. The van der Waals surface area contributed by atoms with Gasteiger partial charge in [0.05, 0.1) is 4.47 Å². The Labute approximate surface area is 118 Å². The van der Waals surface area contributed by atoms with Crippen LogP contribution in [0.2, 0.25) is 0 Å². The normalized spacial score (nSPS) is 14.6. The van der Waals surface area contributed by atoms with Crippen LogP contribution in [0.3, 0.4) is 0 Å². The molecule has 2 amide bonds. The number of carbonyl (C=O) groups excluding carboxylic acids is 2. The molecule has 6 nitrogen and oxygen atoms in total. The van der Waals surface area contributed by atoms with Crippen molar-refractivity contribution in [3.05, 3.63) is 22.2 Å². The summed E-state index contributed by atoms with van der Waals surface area (Å²) in [6.45, 7) is 2.42. The lowest BCUT2D eigenvalue weighted by Crippen LogP contribution is -2.42. The van der Waals surface area contributed by atoms with Crippen molar-refractivity contribution in [1.29, 1.82) is 0 Å². The minimum atomic E-state index is -0.737. The maximum Gasteiger partial charge on any atom is 0.252 e. The second-order valence-corrected chi connectivity index (χ2v) is 4.93. The fourth-order valence-electron chi connectivity index (χ4n) is 1.59. The molecule has 102 valence electrons. The molecular weight excluding hydrogens is 316 g/mol. The van der Waals surface area contributed by atoms with Crippen LogP contribution < -0.4 is 20.5 Å². The predicted molar refractivity (Wildman–Crippen MR) is 71.3 cm³/mol. The van der Waals surface area contributed by atoms with Crippen molar-refractivity contribution in [2.24, 2.45) is 5.73 Å². The van der Waals surface area contributed by atoms with Crippen molar-refractivity contribution < 1.29 is 19.1 Å². The molecule has 7 heteroatoms. The summed E-state index contributed by atoms with van der Waals surface area (Å²) in [5.74, 6) is 0.0807. The average Bonchev–Trinajstić information content (AvgIpc) is 2.38. The van der Waals surface area contributed by atoms with Gasteiger partial charge in [-0.3, -0.25) is 9.59 Å². The molecule has 0 aliphatic carbocycles. The maximum absolute atomic E-state index is 12.0. The lowest BCUT2D eigenvalue weighted by molar-refractivity contribution is -0.119. The minimum Gasteiger partial charge on any atom is -0.486 e. The van der Waals surface area contributed by atoms with Crippen molar-refractivity contribution in [3.63, 3.8) is 0 Å². The number of nitrogens with two attached hydrogens (primary N) is 1. The van der Waals surface area contributed by atoms with Crippen LogP contribution in [0.15, 0.2) is 16.6 Å². The number of primary amides is 1. The summed E-state index contributed by atoms with van der Waals surface area (Å²) >= 11 is 3.32. The third-order valence-corrected chi connectivity index (χ3v) is 3.22. The van der Waals surface area contributed by atoms with Gasteiger partial charge in [0.25, 0.3) is 5.91 Å². The number of benzene rings is 1. The van der Waals surface area contributed by atoms with Crippen LogP contribution in [0, 0.1) is 0 Å². The first-order valence-corrected chi connectivity index (χ1v) is 6.47. The van der Waals surface area contributed by atoms with Crippen molar-refractivity contribution in [2.45, 2.75) is 13.0 Å². The summed E-state index contributed by atoms with van der Waals surface area (Å²) in [5, 5.41) is 2.50. The molecule has 1 aliphatic heterocycles. The molecule has 1 aliphatic rings. The monoisotopic (exact) mass is 328 g/mol. The van der Waals surface area contributed by atoms with Gasteiger partial charge in [0, 0.05) is 5.56 Å². The van der Waals surface area contributed by atoms with E-state index >= 15 is 0 Å². The number of nitrogens with one attached hydrogen (secondary N) is 1. The van der Waals surface area contributed by atoms with E-state index in [0.717, 1.165) is 0 Å². The number of hydrogen-bond donors (Lipinski definition) is 2. The quantitative estimate of drug-likeness (QED) is 0.859. The van der Waals surface area contributed by atoms with Crippen LogP contribution in [-0.2, 0) is 4.79 Å². The van der Waals surface area contributed by atoms with Crippen molar-refractivity contribution in [2.75, 3.05) is 13.2 Å². The number of hydrogen-bond acceptors (Lipinski definition) is 4. The third kappa shape index (κ3) is 2.98. The van der Waals surface area contributed by atoms with Crippen molar-refractivity contribution >= 4 is 27.7 Å². The molecule has 0 saturated carbocycles. The molecule has 1 atom stereocenters.